The van der Waals surface area contributed by atoms with Crippen molar-refractivity contribution >= 4 is 28.1 Å². The van der Waals surface area contributed by atoms with Gasteiger partial charge in [0, 0.05) is 35.8 Å². The van der Waals surface area contributed by atoms with E-state index in [0.717, 1.165) is 47.4 Å². The monoisotopic (exact) mass is 404 g/mol. The van der Waals surface area contributed by atoms with Crippen LogP contribution in [0.25, 0.3) is 22.3 Å². The van der Waals surface area contributed by atoms with Gasteiger partial charge in [0.2, 0.25) is 0 Å². The lowest BCUT2D eigenvalue weighted by Crippen LogP contribution is -2.44. The van der Waals surface area contributed by atoms with Gasteiger partial charge in [-0.2, -0.15) is 10.2 Å². The zero-order valence-electron chi connectivity index (χ0n) is 16.8. The molecule has 1 saturated carbocycles. The Balaban J connectivity index is 1.73. The summed E-state index contributed by atoms with van der Waals surface area (Å²) in [7, 11) is 0. The third kappa shape index (κ3) is 3.21. The molecule has 1 atom stereocenters. The second kappa shape index (κ2) is 7.49. The molecule has 4 N–H and O–H groups in total. The minimum Gasteiger partial charge on any atom is -0.377 e. The first-order valence-corrected chi connectivity index (χ1v) is 10.2. The van der Waals surface area contributed by atoms with E-state index in [4.69, 9.17) is 21.0 Å². The Labute approximate surface area is 173 Å². The predicted molar refractivity (Wildman–Crippen MR) is 116 cm³/mol. The number of rotatable bonds is 5. The van der Waals surface area contributed by atoms with E-state index in [-0.39, 0.29) is 12.0 Å². The van der Waals surface area contributed by atoms with Gasteiger partial charge in [-0.3, -0.25) is 15.5 Å². The summed E-state index contributed by atoms with van der Waals surface area (Å²) in [5.41, 5.74) is 4.00. The fourth-order valence-electron chi connectivity index (χ4n) is 4.01. The molecule has 2 aliphatic rings. The molecule has 154 valence electrons. The Hall–Kier alpha value is -3.33. The Kier molecular flexibility index (Phi) is 4.66. The fourth-order valence-corrected chi connectivity index (χ4v) is 4.01. The van der Waals surface area contributed by atoms with Gasteiger partial charge in [-0.15, -0.1) is 0 Å². The van der Waals surface area contributed by atoms with Gasteiger partial charge in [0.25, 0.3) is 0 Å². The lowest BCUT2D eigenvalue weighted by atomic mass is 9.98. The van der Waals surface area contributed by atoms with E-state index in [1.165, 1.54) is 0 Å². The largest absolute Gasteiger partial charge is 0.377 e. The lowest BCUT2D eigenvalue weighted by molar-refractivity contribution is 0.0986. The van der Waals surface area contributed by atoms with Crippen molar-refractivity contribution in [3.63, 3.8) is 0 Å². The number of morpholine rings is 1. The number of anilines is 1. The average molecular weight is 404 g/mol. The summed E-state index contributed by atoms with van der Waals surface area (Å²) >= 11 is 0. The summed E-state index contributed by atoms with van der Waals surface area (Å²) in [5.74, 6) is 6.76. The normalized spacial score (nSPS) is 20.0. The first-order valence-electron chi connectivity index (χ1n) is 10.2. The van der Waals surface area contributed by atoms with Crippen LogP contribution in [-0.2, 0) is 4.74 Å². The van der Waals surface area contributed by atoms with Crippen LogP contribution in [0.1, 0.15) is 25.3 Å². The van der Waals surface area contributed by atoms with Crippen LogP contribution in [0.5, 0.6) is 0 Å². The van der Waals surface area contributed by atoms with Crippen LogP contribution >= 0.6 is 0 Å². The number of H-pyrrole nitrogens is 1. The fraction of sp³-hybridized carbons (Fsp3) is 0.381. The number of aromatic nitrogens is 4. The molecule has 1 aliphatic heterocycles. The number of nitrogens with two attached hydrogens (primary N) is 1. The summed E-state index contributed by atoms with van der Waals surface area (Å²) in [6.45, 7) is 4.15. The Morgan fingerprint density at radius 1 is 1.33 bits per heavy atom. The van der Waals surface area contributed by atoms with Gasteiger partial charge in [0.15, 0.2) is 0 Å². The van der Waals surface area contributed by atoms with E-state index in [0.29, 0.717) is 30.3 Å². The van der Waals surface area contributed by atoms with Crippen LogP contribution < -0.4 is 10.7 Å². The van der Waals surface area contributed by atoms with Gasteiger partial charge in [-0.1, -0.05) is 0 Å². The van der Waals surface area contributed by atoms with Crippen LogP contribution in [0.3, 0.4) is 0 Å². The maximum atomic E-state index is 8.92. The van der Waals surface area contributed by atoms with Crippen LogP contribution in [0.4, 0.5) is 5.82 Å². The average Bonchev–Trinajstić information content (AvgIpc) is 3.45. The van der Waals surface area contributed by atoms with E-state index in [2.05, 4.69) is 32.1 Å². The molecule has 0 radical (unpaired) electrons. The minimum absolute atomic E-state index is 0.184. The number of hydrogen-bond donors (Lipinski definition) is 3. The summed E-state index contributed by atoms with van der Waals surface area (Å²) in [6.07, 6.45) is 5.48. The summed E-state index contributed by atoms with van der Waals surface area (Å²) < 4.78 is 5.60. The smallest absolute Gasteiger partial charge is 0.130 e. The van der Waals surface area contributed by atoms with Gasteiger partial charge in [-0.25, -0.2) is 4.98 Å². The van der Waals surface area contributed by atoms with Crippen LogP contribution in [0.15, 0.2) is 35.7 Å². The number of nitrogens with zero attached hydrogens (tertiary/aromatic N) is 5. The van der Waals surface area contributed by atoms with Crippen LogP contribution in [0.2, 0.25) is 0 Å². The number of pyridine rings is 2. The van der Waals surface area contributed by atoms with Crippen molar-refractivity contribution in [3.8, 4) is 11.4 Å². The number of aromatic amines is 1. The van der Waals surface area contributed by atoms with Crippen molar-refractivity contribution in [2.24, 2.45) is 16.9 Å². The van der Waals surface area contributed by atoms with Crippen molar-refractivity contribution < 1.29 is 4.74 Å². The third-order valence-corrected chi connectivity index (χ3v) is 5.76. The zero-order valence-corrected chi connectivity index (χ0v) is 16.8. The molecule has 1 aliphatic carbocycles. The molecule has 9 heteroatoms. The summed E-state index contributed by atoms with van der Waals surface area (Å²) in [6, 6.07) is 5.94. The minimum atomic E-state index is 0.184. The van der Waals surface area contributed by atoms with E-state index >= 15 is 0 Å². The number of fused-ring (bicyclic) bond motifs is 1. The first kappa shape index (κ1) is 18.7. The highest BCUT2D eigenvalue weighted by Gasteiger charge is 2.32. The highest BCUT2D eigenvalue weighted by Crippen LogP contribution is 2.35. The SMILES string of the molecule is C[C@@H]1COCCN1c1cc(C(=N)C(=NN)C2CC2)c2ccnc(-c3ccn[nH]3)c2n1. The van der Waals surface area contributed by atoms with E-state index in [1.54, 1.807) is 12.4 Å². The molecule has 30 heavy (non-hydrogen) atoms. The molecule has 0 amide bonds. The van der Waals surface area contributed by atoms with Gasteiger partial charge in [-0.05, 0) is 38.0 Å². The molecule has 9 nitrogen and oxygen atoms in total. The van der Waals surface area contributed by atoms with Gasteiger partial charge >= 0.3 is 0 Å². The molecule has 4 heterocycles. The molecule has 1 saturated heterocycles. The lowest BCUT2D eigenvalue weighted by Gasteiger charge is -2.34. The van der Waals surface area contributed by atoms with Gasteiger partial charge in [0.05, 0.1) is 36.4 Å². The van der Waals surface area contributed by atoms with Crippen molar-refractivity contribution in [2.75, 3.05) is 24.7 Å². The zero-order chi connectivity index (χ0) is 20.7. The first-order chi connectivity index (χ1) is 14.7. The molecular formula is C21H24N8O. The maximum Gasteiger partial charge on any atom is 0.130 e. The summed E-state index contributed by atoms with van der Waals surface area (Å²) in [4.78, 5) is 11.8. The van der Waals surface area contributed by atoms with E-state index in [9.17, 15) is 0 Å². The molecule has 0 unspecified atom stereocenters. The van der Waals surface area contributed by atoms with Gasteiger partial charge < -0.3 is 15.5 Å². The maximum absolute atomic E-state index is 8.92. The Morgan fingerprint density at radius 2 is 2.20 bits per heavy atom. The molecule has 0 bridgehead atoms. The number of hydrogen-bond acceptors (Lipinski definition) is 8. The predicted octanol–water partition coefficient (Wildman–Crippen LogP) is 2.34. The molecule has 3 aromatic heterocycles. The topological polar surface area (TPSA) is 129 Å². The van der Waals surface area contributed by atoms with Crippen molar-refractivity contribution in [3.05, 3.63) is 36.2 Å². The van der Waals surface area contributed by atoms with Crippen molar-refractivity contribution in [1.29, 1.82) is 5.41 Å². The summed E-state index contributed by atoms with van der Waals surface area (Å²) in [5, 5.41) is 20.8. The van der Waals surface area contributed by atoms with Crippen molar-refractivity contribution in [1.82, 2.24) is 20.2 Å². The van der Waals surface area contributed by atoms with Crippen LogP contribution in [-0.4, -0.2) is 57.4 Å². The number of ether oxygens (including phenoxy) is 1. The highest BCUT2D eigenvalue weighted by molar-refractivity contribution is 6.50. The molecule has 3 aromatic rings. The quantitative estimate of drug-likeness (QED) is 0.340. The van der Waals surface area contributed by atoms with Crippen molar-refractivity contribution in [2.45, 2.75) is 25.8 Å². The van der Waals surface area contributed by atoms with Gasteiger partial charge in [0.1, 0.15) is 17.0 Å². The second-order valence-electron chi connectivity index (χ2n) is 7.84. The molecule has 2 fully saturated rings. The van der Waals surface area contributed by atoms with E-state index < -0.39 is 0 Å². The highest BCUT2D eigenvalue weighted by atomic mass is 16.5. The third-order valence-electron chi connectivity index (χ3n) is 5.76. The Morgan fingerprint density at radius 3 is 2.90 bits per heavy atom. The molecule has 0 spiro atoms. The van der Waals surface area contributed by atoms with E-state index in [1.807, 2.05) is 18.2 Å². The number of nitrogens with one attached hydrogen (secondary N) is 2. The molecular weight excluding hydrogens is 380 g/mol. The molecule has 0 aromatic carbocycles. The second-order valence-corrected chi connectivity index (χ2v) is 7.84. The standard InChI is InChI=1S/C21H24N8O/c1-12-11-30-9-8-29(12)17-10-15(18(22)19(27-23)13-2-3-13)14-4-6-24-21(20(14)26-17)16-5-7-25-28-16/h4-7,10,12-13,22H,2-3,8-9,11,23H2,1H3,(H,25,28)/t12-/m1/s1. The Bertz CT molecular complexity index is 1120. The number of hydrazone groups is 1. The van der Waals surface area contributed by atoms with Crippen LogP contribution in [0, 0.1) is 11.3 Å². The molecule has 5 rings (SSSR count).